The Balaban J connectivity index is 2.05. The quantitative estimate of drug-likeness (QED) is 0.928. The molecule has 1 amide bonds. The number of carbonyl (C=O) groups is 1. The molecular formula is C10H6Cl2N2O3S. The maximum absolute atomic E-state index is 11.5. The van der Waals surface area contributed by atoms with Crippen LogP contribution in [0.25, 0.3) is 0 Å². The Hall–Kier alpha value is -1.50. The van der Waals surface area contributed by atoms with Crippen molar-refractivity contribution < 1.29 is 9.63 Å². The molecule has 2 rings (SSSR count). The van der Waals surface area contributed by atoms with E-state index in [1.807, 2.05) is 0 Å². The van der Waals surface area contributed by atoms with Crippen molar-refractivity contribution >= 4 is 46.5 Å². The van der Waals surface area contributed by atoms with E-state index < -0.39 is 11.7 Å². The van der Waals surface area contributed by atoms with Gasteiger partial charge in [0.05, 0.1) is 10.0 Å². The monoisotopic (exact) mass is 304 g/mol. The lowest BCUT2D eigenvalue weighted by molar-refractivity contribution is 0.157. The smallest absolute Gasteiger partial charge is 0.303 e. The Morgan fingerprint density at radius 2 is 2.06 bits per heavy atom. The number of benzene rings is 1. The van der Waals surface area contributed by atoms with Gasteiger partial charge in [-0.25, -0.2) is 4.79 Å². The van der Waals surface area contributed by atoms with Crippen LogP contribution in [0.15, 0.2) is 34.4 Å². The average molecular weight is 305 g/mol. The fraction of sp³-hybridized carbons (Fsp3) is 0. The first kappa shape index (κ1) is 12.9. The number of nitrogens with zero attached hydrogens (tertiary/aromatic N) is 1. The molecule has 1 aromatic heterocycles. The van der Waals surface area contributed by atoms with Crippen LogP contribution >= 0.6 is 34.7 Å². The molecule has 0 saturated heterocycles. The third-order valence-electron chi connectivity index (χ3n) is 1.88. The van der Waals surface area contributed by atoms with Gasteiger partial charge in [0.25, 0.3) is 5.56 Å². The summed E-state index contributed by atoms with van der Waals surface area (Å²) in [4.78, 5) is 27.4. The lowest BCUT2D eigenvalue weighted by Crippen LogP contribution is -2.29. The van der Waals surface area contributed by atoms with Gasteiger partial charge in [-0.05, 0) is 29.7 Å². The lowest BCUT2D eigenvalue weighted by Gasteiger charge is -2.05. The van der Waals surface area contributed by atoms with E-state index in [0.717, 1.165) is 15.7 Å². The number of anilines is 1. The van der Waals surface area contributed by atoms with Crippen molar-refractivity contribution in [3.8, 4) is 0 Å². The molecule has 8 heteroatoms. The highest BCUT2D eigenvalue weighted by atomic mass is 35.5. The number of halogens is 2. The summed E-state index contributed by atoms with van der Waals surface area (Å²) in [6.07, 6.45) is -0.794. The van der Waals surface area contributed by atoms with Crippen LogP contribution in [0.3, 0.4) is 0 Å². The molecule has 0 radical (unpaired) electrons. The van der Waals surface area contributed by atoms with Crippen LogP contribution in [0, 0.1) is 0 Å². The molecule has 0 bridgehead atoms. The second kappa shape index (κ2) is 5.43. The largest absolute Gasteiger partial charge is 0.437 e. The molecule has 0 saturated carbocycles. The number of rotatable bonds is 2. The zero-order valence-electron chi connectivity index (χ0n) is 8.72. The van der Waals surface area contributed by atoms with Crippen molar-refractivity contribution in [1.82, 2.24) is 4.12 Å². The van der Waals surface area contributed by atoms with Gasteiger partial charge in [-0.15, -0.1) is 0 Å². The molecule has 0 unspecified atom stereocenters. The minimum Gasteiger partial charge on any atom is -0.303 e. The molecule has 5 nitrogen and oxygen atoms in total. The van der Waals surface area contributed by atoms with Crippen molar-refractivity contribution in [1.29, 1.82) is 0 Å². The molecule has 1 aromatic carbocycles. The van der Waals surface area contributed by atoms with Crippen LogP contribution < -0.4 is 15.7 Å². The molecule has 0 atom stereocenters. The summed E-state index contributed by atoms with van der Waals surface area (Å²) < 4.78 is 0.854. The molecule has 1 heterocycles. The molecule has 94 valence electrons. The summed E-state index contributed by atoms with van der Waals surface area (Å²) in [5, 5.41) is 4.61. The van der Waals surface area contributed by atoms with Gasteiger partial charge in [-0.1, -0.05) is 27.3 Å². The van der Waals surface area contributed by atoms with E-state index in [9.17, 15) is 9.59 Å². The number of aromatic nitrogens is 1. The SMILES string of the molecule is O=C(Nc1ccc(Cl)c(Cl)c1)On1sccc1=O. The minimum atomic E-state index is -0.794. The Kier molecular flexibility index (Phi) is 3.90. The molecule has 0 spiro atoms. The fourth-order valence-corrected chi connectivity index (χ4v) is 1.97. The maximum Gasteiger partial charge on any atom is 0.437 e. The third-order valence-corrected chi connectivity index (χ3v) is 3.32. The summed E-state index contributed by atoms with van der Waals surface area (Å²) in [6, 6.07) is 5.86. The highest BCUT2D eigenvalue weighted by Gasteiger charge is 2.08. The van der Waals surface area contributed by atoms with Gasteiger partial charge in [0.15, 0.2) is 0 Å². The van der Waals surface area contributed by atoms with Crippen LogP contribution in [-0.4, -0.2) is 10.2 Å². The molecule has 0 aliphatic carbocycles. The van der Waals surface area contributed by atoms with Gasteiger partial charge in [-0.3, -0.25) is 10.1 Å². The molecule has 0 fully saturated rings. The Morgan fingerprint density at radius 1 is 1.28 bits per heavy atom. The zero-order chi connectivity index (χ0) is 13.1. The minimum absolute atomic E-state index is 0.308. The summed E-state index contributed by atoms with van der Waals surface area (Å²) in [5.74, 6) is 0. The van der Waals surface area contributed by atoms with Crippen LogP contribution in [0.5, 0.6) is 0 Å². The fourth-order valence-electron chi connectivity index (χ4n) is 1.11. The number of hydrogen-bond donors (Lipinski definition) is 1. The van der Waals surface area contributed by atoms with Crippen molar-refractivity contribution in [2.75, 3.05) is 5.32 Å². The lowest BCUT2D eigenvalue weighted by atomic mass is 10.3. The Morgan fingerprint density at radius 3 is 2.67 bits per heavy atom. The highest BCUT2D eigenvalue weighted by Crippen LogP contribution is 2.24. The molecule has 0 aliphatic heterocycles. The van der Waals surface area contributed by atoms with E-state index in [2.05, 4.69) is 5.32 Å². The predicted octanol–water partition coefficient (Wildman–Crippen LogP) is 2.88. The first-order valence-electron chi connectivity index (χ1n) is 4.67. The summed E-state index contributed by atoms with van der Waals surface area (Å²) in [7, 11) is 0. The number of nitrogens with one attached hydrogen (secondary N) is 1. The average Bonchev–Trinajstić information content (AvgIpc) is 2.70. The molecule has 18 heavy (non-hydrogen) atoms. The van der Waals surface area contributed by atoms with Crippen molar-refractivity contribution in [2.24, 2.45) is 0 Å². The normalized spacial score (nSPS) is 10.1. The van der Waals surface area contributed by atoms with Gasteiger partial charge in [0, 0.05) is 17.1 Å². The molecule has 2 aromatic rings. The number of hydrogen-bond acceptors (Lipinski definition) is 4. The first-order chi connectivity index (χ1) is 8.56. The predicted molar refractivity (Wildman–Crippen MR) is 70.6 cm³/mol. The molecule has 1 N–H and O–H groups in total. The number of carbonyl (C=O) groups excluding carboxylic acids is 1. The van der Waals surface area contributed by atoms with Crippen LogP contribution in [0.2, 0.25) is 10.0 Å². The van der Waals surface area contributed by atoms with E-state index in [4.69, 9.17) is 28.0 Å². The van der Waals surface area contributed by atoms with Crippen molar-refractivity contribution in [3.63, 3.8) is 0 Å². The zero-order valence-corrected chi connectivity index (χ0v) is 11.1. The molecule has 0 aliphatic rings. The van der Waals surface area contributed by atoms with E-state index >= 15 is 0 Å². The van der Waals surface area contributed by atoms with E-state index in [0.29, 0.717) is 15.7 Å². The van der Waals surface area contributed by atoms with Crippen LogP contribution in [0.1, 0.15) is 0 Å². The van der Waals surface area contributed by atoms with Crippen molar-refractivity contribution in [3.05, 3.63) is 50.0 Å². The van der Waals surface area contributed by atoms with E-state index in [1.165, 1.54) is 23.6 Å². The van der Waals surface area contributed by atoms with Gasteiger partial charge in [-0.2, -0.15) is 0 Å². The summed E-state index contributed by atoms with van der Waals surface area (Å²) in [5.41, 5.74) is 0.00305. The van der Waals surface area contributed by atoms with Crippen molar-refractivity contribution in [2.45, 2.75) is 0 Å². The third kappa shape index (κ3) is 3.04. The Labute approximate surface area is 116 Å². The first-order valence-corrected chi connectivity index (χ1v) is 6.27. The second-order valence-electron chi connectivity index (χ2n) is 3.14. The van der Waals surface area contributed by atoms with Crippen LogP contribution in [-0.2, 0) is 0 Å². The second-order valence-corrected chi connectivity index (χ2v) is 4.77. The molecular weight excluding hydrogens is 299 g/mol. The summed E-state index contributed by atoms with van der Waals surface area (Å²) >= 11 is 12.5. The summed E-state index contributed by atoms with van der Waals surface area (Å²) in [6.45, 7) is 0. The topological polar surface area (TPSA) is 60.3 Å². The number of amides is 1. The van der Waals surface area contributed by atoms with Gasteiger partial charge in [0.2, 0.25) is 0 Å². The van der Waals surface area contributed by atoms with E-state index in [1.54, 1.807) is 6.07 Å². The van der Waals surface area contributed by atoms with Crippen LogP contribution in [0.4, 0.5) is 10.5 Å². The maximum atomic E-state index is 11.5. The standard InChI is InChI=1S/C10H6Cl2N2O3S/c11-7-2-1-6(5-8(7)12)13-10(16)17-14-9(15)3-4-18-14/h1-5H,(H,13,16). The highest BCUT2D eigenvalue weighted by molar-refractivity contribution is 7.04. The van der Waals surface area contributed by atoms with E-state index in [-0.39, 0.29) is 0 Å². The van der Waals surface area contributed by atoms with Gasteiger partial charge >= 0.3 is 6.09 Å². The Bertz CT molecular complexity index is 638. The van der Waals surface area contributed by atoms with Gasteiger partial charge < -0.3 is 4.84 Å². The van der Waals surface area contributed by atoms with Gasteiger partial charge in [0.1, 0.15) is 0 Å².